The number of Topliss-reactive ketones (excluding diaryl/α,β-unsaturated/α-hetero) is 4. The molecule has 4 unspecified atom stereocenters. The molecule has 1 aliphatic heterocycles. The topological polar surface area (TPSA) is 179 Å². The summed E-state index contributed by atoms with van der Waals surface area (Å²) >= 11 is 0. The van der Waals surface area contributed by atoms with Gasteiger partial charge in [0.15, 0.2) is 28.7 Å². The van der Waals surface area contributed by atoms with Crippen molar-refractivity contribution in [2.24, 2.45) is 0 Å². The van der Waals surface area contributed by atoms with Crippen LogP contribution in [0.2, 0.25) is 0 Å². The molecule has 4 atom stereocenters. The average Bonchev–Trinajstić information content (AvgIpc) is 3.16. The number of epoxide rings is 1. The van der Waals surface area contributed by atoms with E-state index in [-0.39, 0.29) is 0 Å². The van der Waals surface area contributed by atoms with E-state index in [0.29, 0.717) is 20.8 Å². The van der Waals surface area contributed by atoms with Crippen LogP contribution in [0.3, 0.4) is 0 Å². The Morgan fingerprint density at radius 3 is 1.54 bits per heavy atom. The number of ketones is 4. The first-order valence-electron chi connectivity index (χ1n) is 6.77. The number of ether oxygens (including phenoxy) is 1. The van der Waals surface area contributed by atoms with Crippen molar-refractivity contribution in [1.82, 2.24) is 0 Å². The molecule has 10 nitrogen and oxygen atoms in total. The Kier molecular flexibility index (Phi) is 4.61. The summed E-state index contributed by atoms with van der Waals surface area (Å²) < 4.78 is 4.43. The summed E-state index contributed by atoms with van der Waals surface area (Å²) in [6, 6.07) is 0. The van der Waals surface area contributed by atoms with Crippen LogP contribution < -0.4 is 0 Å². The lowest BCUT2D eigenvalue weighted by atomic mass is 9.60. The SMILES string of the molecule is CC(=O)C(O)(CO)C(O)(C(C)=O)C(O)(C(C)=O)C1(C(C)=O)OC1=O. The molecule has 0 amide bonds. The van der Waals surface area contributed by atoms with Crippen molar-refractivity contribution < 1.29 is 49.1 Å². The number of hydrogen-bond donors (Lipinski definition) is 4. The van der Waals surface area contributed by atoms with Crippen LogP contribution in [-0.4, -0.2) is 78.5 Å². The van der Waals surface area contributed by atoms with Crippen LogP contribution in [-0.2, 0) is 28.7 Å². The van der Waals surface area contributed by atoms with Crippen molar-refractivity contribution in [2.45, 2.75) is 50.1 Å². The summed E-state index contributed by atoms with van der Waals surface area (Å²) in [6.45, 7) is 1.03. The molecule has 1 aliphatic rings. The molecular formula is C14H18O10. The fourth-order valence-corrected chi connectivity index (χ4v) is 2.89. The van der Waals surface area contributed by atoms with Gasteiger partial charge >= 0.3 is 11.6 Å². The van der Waals surface area contributed by atoms with Crippen LogP contribution in [0.1, 0.15) is 27.7 Å². The zero-order chi connectivity index (χ0) is 19.3. The van der Waals surface area contributed by atoms with Crippen LogP contribution >= 0.6 is 0 Å². The zero-order valence-electron chi connectivity index (χ0n) is 13.4. The van der Waals surface area contributed by atoms with Gasteiger partial charge in [-0.25, -0.2) is 4.79 Å². The van der Waals surface area contributed by atoms with E-state index in [1.807, 2.05) is 0 Å². The molecule has 0 aromatic rings. The number of aliphatic hydroxyl groups is 4. The van der Waals surface area contributed by atoms with Crippen molar-refractivity contribution >= 4 is 29.1 Å². The third-order valence-corrected chi connectivity index (χ3v) is 4.45. The molecule has 0 spiro atoms. The van der Waals surface area contributed by atoms with E-state index in [2.05, 4.69) is 4.74 Å². The minimum absolute atomic E-state index is 0.595. The second kappa shape index (κ2) is 5.52. The summed E-state index contributed by atoms with van der Waals surface area (Å²) in [6.07, 6.45) is 0. The summed E-state index contributed by atoms with van der Waals surface area (Å²) in [4.78, 5) is 59.4. The molecule has 0 bridgehead atoms. The Labute approximate surface area is 136 Å². The van der Waals surface area contributed by atoms with E-state index < -0.39 is 58.1 Å². The highest BCUT2D eigenvalue weighted by molar-refractivity contribution is 6.24. The third-order valence-electron chi connectivity index (χ3n) is 4.45. The molecule has 24 heavy (non-hydrogen) atoms. The molecular weight excluding hydrogens is 328 g/mol. The smallest absolute Gasteiger partial charge is 0.364 e. The van der Waals surface area contributed by atoms with Gasteiger partial charge in [-0.05, 0) is 27.7 Å². The number of rotatable bonds is 8. The lowest BCUT2D eigenvalue weighted by molar-refractivity contribution is -0.246. The van der Waals surface area contributed by atoms with Gasteiger partial charge in [-0.2, -0.15) is 0 Å². The fraction of sp³-hybridized carbons (Fsp3) is 0.643. The second-order valence-electron chi connectivity index (χ2n) is 5.73. The Morgan fingerprint density at radius 1 is 0.958 bits per heavy atom. The molecule has 1 saturated heterocycles. The standard InChI is InChI=1S/C14H18O10/c1-6(16)11(21,5-15)13(22,8(3)18)14(23,9(4)19)12(7(2)17)10(20)24-12/h15,21-23H,5H2,1-4H3. The number of aliphatic hydroxyl groups excluding tert-OH is 1. The molecule has 0 aromatic carbocycles. The Balaban J connectivity index is 3.95. The highest BCUT2D eigenvalue weighted by Gasteiger charge is 2.87. The first kappa shape index (κ1) is 20.0. The van der Waals surface area contributed by atoms with Crippen LogP contribution in [0.25, 0.3) is 0 Å². The van der Waals surface area contributed by atoms with Gasteiger partial charge in [0, 0.05) is 0 Å². The summed E-state index contributed by atoms with van der Waals surface area (Å²) in [5.41, 5.74) is -13.7. The number of carbonyl (C=O) groups is 5. The number of hydrogen-bond acceptors (Lipinski definition) is 10. The molecule has 134 valence electrons. The molecule has 0 aliphatic carbocycles. The zero-order valence-corrected chi connectivity index (χ0v) is 13.4. The first-order valence-corrected chi connectivity index (χ1v) is 6.77. The van der Waals surface area contributed by atoms with Gasteiger partial charge < -0.3 is 25.2 Å². The predicted octanol–water partition coefficient (Wildman–Crippen LogP) is -3.18. The summed E-state index contributed by atoms with van der Waals surface area (Å²) in [5.74, 6) is -7.12. The van der Waals surface area contributed by atoms with Crippen LogP contribution in [0.15, 0.2) is 0 Å². The van der Waals surface area contributed by atoms with Crippen molar-refractivity contribution in [2.75, 3.05) is 6.61 Å². The second-order valence-corrected chi connectivity index (χ2v) is 5.73. The molecule has 1 fully saturated rings. The van der Waals surface area contributed by atoms with Gasteiger partial charge in [-0.1, -0.05) is 0 Å². The van der Waals surface area contributed by atoms with Gasteiger partial charge in [0.1, 0.15) is 0 Å². The molecule has 10 heteroatoms. The van der Waals surface area contributed by atoms with Gasteiger partial charge in [-0.3, -0.25) is 19.2 Å². The Bertz CT molecular complexity index is 654. The molecule has 4 N–H and O–H groups in total. The molecule has 0 radical (unpaired) electrons. The van der Waals surface area contributed by atoms with E-state index in [4.69, 9.17) is 0 Å². The van der Waals surface area contributed by atoms with Gasteiger partial charge in [0.2, 0.25) is 11.2 Å². The van der Waals surface area contributed by atoms with E-state index in [9.17, 15) is 44.4 Å². The van der Waals surface area contributed by atoms with Gasteiger partial charge in [0.25, 0.3) is 0 Å². The molecule has 1 heterocycles. The van der Waals surface area contributed by atoms with Crippen molar-refractivity contribution in [1.29, 1.82) is 0 Å². The fourth-order valence-electron chi connectivity index (χ4n) is 2.89. The third kappa shape index (κ3) is 1.94. The maximum atomic E-state index is 12.1. The van der Waals surface area contributed by atoms with Crippen LogP contribution in [0, 0.1) is 0 Å². The number of carbonyl (C=O) groups excluding carboxylic acids is 5. The van der Waals surface area contributed by atoms with E-state index in [1.54, 1.807) is 0 Å². The van der Waals surface area contributed by atoms with Crippen molar-refractivity contribution in [3.05, 3.63) is 0 Å². The Morgan fingerprint density at radius 2 is 1.38 bits per heavy atom. The quantitative estimate of drug-likeness (QED) is 0.258. The van der Waals surface area contributed by atoms with Crippen molar-refractivity contribution in [3.8, 4) is 0 Å². The molecule has 0 aromatic heterocycles. The van der Waals surface area contributed by atoms with Gasteiger partial charge in [-0.15, -0.1) is 0 Å². The van der Waals surface area contributed by atoms with E-state index >= 15 is 0 Å². The monoisotopic (exact) mass is 346 g/mol. The normalized spacial score (nSPS) is 27.1. The summed E-state index contributed by atoms with van der Waals surface area (Å²) in [7, 11) is 0. The van der Waals surface area contributed by atoms with Crippen LogP contribution in [0.5, 0.6) is 0 Å². The van der Waals surface area contributed by atoms with E-state index in [1.165, 1.54) is 0 Å². The maximum Gasteiger partial charge on any atom is 0.364 e. The van der Waals surface area contributed by atoms with Crippen LogP contribution in [0.4, 0.5) is 0 Å². The molecule has 0 saturated carbocycles. The largest absolute Gasteiger partial charge is 0.432 e. The lowest BCUT2D eigenvalue weighted by Crippen LogP contribution is -2.82. The lowest BCUT2D eigenvalue weighted by Gasteiger charge is -2.48. The number of cyclic esters (lactones) is 1. The average molecular weight is 346 g/mol. The maximum absolute atomic E-state index is 12.1. The highest BCUT2D eigenvalue weighted by Crippen LogP contribution is 2.51. The van der Waals surface area contributed by atoms with Crippen molar-refractivity contribution in [3.63, 3.8) is 0 Å². The van der Waals surface area contributed by atoms with E-state index in [0.717, 1.165) is 6.92 Å². The van der Waals surface area contributed by atoms with Gasteiger partial charge in [0.05, 0.1) is 6.61 Å². The Hall–Kier alpha value is -2.01. The summed E-state index contributed by atoms with van der Waals surface area (Å²) in [5, 5.41) is 41.3. The first-order chi connectivity index (χ1) is 10.7. The minimum Gasteiger partial charge on any atom is -0.432 e. The molecule has 1 rings (SSSR count). The highest BCUT2D eigenvalue weighted by atomic mass is 16.7. The minimum atomic E-state index is -3.73. The predicted molar refractivity (Wildman–Crippen MR) is 73.5 cm³/mol.